The van der Waals surface area contributed by atoms with E-state index in [9.17, 15) is 4.39 Å². The number of aromatic nitrogens is 2. The van der Waals surface area contributed by atoms with E-state index in [1.54, 1.807) is 17.9 Å². The molecule has 0 aliphatic heterocycles. The quantitative estimate of drug-likeness (QED) is 0.807. The van der Waals surface area contributed by atoms with Crippen LogP contribution < -0.4 is 5.73 Å². The van der Waals surface area contributed by atoms with Crippen LogP contribution >= 0.6 is 0 Å². The van der Waals surface area contributed by atoms with Crippen molar-refractivity contribution in [2.24, 2.45) is 12.8 Å². The van der Waals surface area contributed by atoms with Gasteiger partial charge < -0.3 is 5.73 Å². The van der Waals surface area contributed by atoms with E-state index in [0.29, 0.717) is 12.0 Å². The van der Waals surface area contributed by atoms with Gasteiger partial charge in [-0.15, -0.1) is 0 Å². The third-order valence-electron chi connectivity index (χ3n) is 2.09. The lowest BCUT2D eigenvalue weighted by molar-refractivity contribution is 0.266. The lowest BCUT2D eigenvalue weighted by atomic mass is 9.95. The zero-order chi connectivity index (χ0) is 10.9. The standard InChI is InChI=1S/C10H18FN3/c1-7-8(6-14(4)13-7)9(11)5-10(2,3)12/h6,9H,5,12H2,1-4H3. The predicted molar refractivity (Wildman–Crippen MR) is 54.7 cm³/mol. The third-order valence-corrected chi connectivity index (χ3v) is 2.09. The molecule has 1 aromatic rings. The molecule has 0 bridgehead atoms. The van der Waals surface area contributed by atoms with Crippen LogP contribution in [0.25, 0.3) is 0 Å². The van der Waals surface area contributed by atoms with Gasteiger partial charge in [0.2, 0.25) is 0 Å². The number of alkyl halides is 1. The first kappa shape index (κ1) is 11.2. The van der Waals surface area contributed by atoms with Crippen LogP contribution in [0.1, 0.15) is 37.7 Å². The van der Waals surface area contributed by atoms with Crippen LogP contribution in [0.2, 0.25) is 0 Å². The summed E-state index contributed by atoms with van der Waals surface area (Å²) in [6.07, 6.45) is 1.01. The lowest BCUT2D eigenvalue weighted by Crippen LogP contribution is -2.33. The molecule has 0 saturated heterocycles. The highest BCUT2D eigenvalue weighted by molar-refractivity contribution is 5.18. The summed E-state index contributed by atoms with van der Waals surface area (Å²) in [6.45, 7) is 5.46. The minimum Gasteiger partial charge on any atom is -0.325 e. The fraction of sp³-hybridized carbons (Fsp3) is 0.700. The molecule has 1 unspecified atom stereocenters. The molecular weight excluding hydrogens is 181 g/mol. The second-order valence-electron chi connectivity index (χ2n) is 4.50. The molecule has 3 nitrogen and oxygen atoms in total. The molecule has 80 valence electrons. The molecule has 0 fully saturated rings. The molecule has 2 N–H and O–H groups in total. The van der Waals surface area contributed by atoms with Crippen molar-refractivity contribution >= 4 is 0 Å². The fourth-order valence-electron chi connectivity index (χ4n) is 1.50. The molecule has 0 aliphatic rings. The molecular formula is C10H18FN3. The number of hydrogen-bond acceptors (Lipinski definition) is 2. The van der Waals surface area contributed by atoms with Gasteiger partial charge in [-0.05, 0) is 20.8 Å². The minimum absolute atomic E-state index is 0.319. The number of halogens is 1. The van der Waals surface area contributed by atoms with Crippen molar-refractivity contribution in [1.82, 2.24) is 9.78 Å². The Morgan fingerprint density at radius 3 is 2.57 bits per heavy atom. The molecule has 4 heteroatoms. The summed E-state index contributed by atoms with van der Waals surface area (Å²) in [4.78, 5) is 0. The van der Waals surface area contributed by atoms with Crippen molar-refractivity contribution in [1.29, 1.82) is 0 Å². The van der Waals surface area contributed by atoms with Crippen molar-refractivity contribution in [3.63, 3.8) is 0 Å². The first-order chi connectivity index (χ1) is 6.29. The van der Waals surface area contributed by atoms with E-state index in [-0.39, 0.29) is 0 Å². The Morgan fingerprint density at radius 2 is 2.21 bits per heavy atom. The largest absolute Gasteiger partial charge is 0.325 e. The molecule has 0 aliphatic carbocycles. The predicted octanol–water partition coefficient (Wildman–Crippen LogP) is 1.87. The molecule has 14 heavy (non-hydrogen) atoms. The van der Waals surface area contributed by atoms with E-state index in [2.05, 4.69) is 5.10 Å². The Kier molecular flexibility index (Phi) is 2.95. The van der Waals surface area contributed by atoms with Crippen molar-refractivity contribution in [3.05, 3.63) is 17.5 Å². The fourth-order valence-corrected chi connectivity index (χ4v) is 1.50. The summed E-state index contributed by atoms with van der Waals surface area (Å²) < 4.78 is 15.4. The maximum absolute atomic E-state index is 13.8. The first-order valence-electron chi connectivity index (χ1n) is 4.73. The van der Waals surface area contributed by atoms with Gasteiger partial charge in [-0.1, -0.05) is 0 Å². The molecule has 1 atom stereocenters. The SMILES string of the molecule is Cc1nn(C)cc1C(F)CC(C)(C)N. The highest BCUT2D eigenvalue weighted by atomic mass is 19.1. The van der Waals surface area contributed by atoms with Crippen LogP contribution in [-0.4, -0.2) is 15.3 Å². The second kappa shape index (κ2) is 3.69. The molecule has 1 rings (SSSR count). The highest BCUT2D eigenvalue weighted by Gasteiger charge is 2.22. The van der Waals surface area contributed by atoms with Crippen LogP contribution in [0.4, 0.5) is 4.39 Å². The van der Waals surface area contributed by atoms with Gasteiger partial charge >= 0.3 is 0 Å². The first-order valence-corrected chi connectivity index (χ1v) is 4.73. The topological polar surface area (TPSA) is 43.8 Å². The lowest BCUT2D eigenvalue weighted by Gasteiger charge is -2.20. The van der Waals surface area contributed by atoms with Gasteiger partial charge in [0.25, 0.3) is 0 Å². The van der Waals surface area contributed by atoms with Gasteiger partial charge in [-0.25, -0.2) is 4.39 Å². The summed E-state index contributed by atoms with van der Waals surface area (Å²) in [7, 11) is 1.79. The molecule has 0 saturated carbocycles. The van der Waals surface area contributed by atoms with Crippen LogP contribution in [0.3, 0.4) is 0 Å². The van der Waals surface area contributed by atoms with E-state index < -0.39 is 11.7 Å². The van der Waals surface area contributed by atoms with Crippen LogP contribution in [-0.2, 0) is 7.05 Å². The van der Waals surface area contributed by atoms with Crippen molar-refractivity contribution in [2.75, 3.05) is 0 Å². The summed E-state index contributed by atoms with van der Waals surface area (Å²) >= 11 is 0. The summed E-state index contributed by atoms with van der Waals surface area (Å²) in [5.41, 5.74) is 6.66. The van der Waals surface area contributed by atoms with E-state index in [1.807, 2.05) is 20.8 Å². The maximum Gasteiger partial charge on any atom is 0.130 e. The van der Waals surface area contributed by atoms with Gasteiger partial charge in [-0.2, -0.15) is 5.10 Å². The maximum atomic E-state index is 13.8. The third kappa shape index (κ3) is 2.80. The number of hydrogen-bond donors (Lipinski definition) is 1. The second-order valence-corrected chi connectivity index (χ2v) is 4.50. The Bertz CT molecular complexity index is 312. The number of aryl methyl sites for hydroxylation is 2. The average molecular weight is 199 g/mol. The van der Waals surface area contributed by atoms with Crippen LogP contribution in [0.5, 0.6) is 0 Å². The van der Waals surface area contributed by atoms with E-state index >= 15 is 0 Å². The van der Waals surface area contributed by atoms with E-state index in [1.165, 1.54) is 0 Å². The summed E-state index contributed by atoms with van der Waals surface area (Å²) in [5, 5.41) is 4.10. The number of rotatable bonds is 3. The van der Waals surface area contributed by atoms with E-state index in [4.69, 9.17) is 5.73 Å². The molecule has 0 spiro atoms. The Hall–Kier alpha value is -0.900. The molecule has 0 aromatic carbocycles. The zero-order valence-corrected chi connectivity index (χ0v) is 9.21. The van der Waals surface area contributed by atoms with Gasteiger partial charge in [0, 0.05) is 30.8 Å². The summed E-state index contributed by atoms with van der Waals surface area (Å²) in [5.74, 6) is 0. The van der Waals surface area contributed by atoms with E-state index in [0.717, 1.165) is 5.69 Å². The van der Waals surface area contributed by atoms with Gasteiger partial charge in [-0.3, -0.25) is 4.68 Å². The zero-order valence-electron chi connectivity index (χ0n) is 9.21. The highest BCUT2D eigenvalue weighted by Crippen LogP contribution is 2.27. The molecule has 0 amide bonds. The van der Waals surface area contributed by atoms with Gasteiger partial charge in [0.05, 0.1) is 5.69 Å². The average Bonchev–Trinajstić information content (AvgIpc) is 2.26. The van der Waals surface area contributed by atoms with Crippen molar-refractivity contribution in [3.8, 4) is 0 Å². The van der Waals surface area contributed by atoms with Gasteiger partial charge in [0.15, 0.2) is 0 Å². The Labute approximate surface area is 84.1 Å². The monoisotopic (exact) mass is 199 g/mol. The molecule has 1 aromatic heterocycles. The Morgan fingerprint density at radius 1 is 1.64 bits per heavy atom. The Balaban J connectivity index is 2.79. The van der Waals surface area contributed by atoms with Crippen LogP contribution in [0.15, 0.2) is 6.20 Å². The smallest absolute Gasteiger partial charge is 0.130 e. The van der Waals surface area contributed by atoms with Crippen molar-refractivity contribution in [2.45, 2.75) is 38.9 Å². The van der Waals surface area contributed by atoms with Crippen LogP contribution in [0, 0.1) is 6.92 Å². The molecule has 1 heterocycles. The number of nitrogens with zero attached hydrogens (tertiary/aromatic N) is 2. The normalized spacial score (nSPS) is 14.4. The summed E-state index contributed by atoms with van der Waals surface area (Å²) in [6, 6.07) is 0. The van der Waals surface area contributed by atoms with Crippen molar-refractivity contribution < 1.29 is 4.39 Å². The minimum atomic E-state index is -1.02. The van der Waals surface area contributed by atoms with Gasteiger partial charge in [0.1, 0.15) is 6.17 Å². The molecule has 0 radical (unpaired) electrons. The number of nitrogens with two attached hydrogens (primary N) is 1.